The van der Waals surface area contributed by atoms with Gasteiger partial charge in [0, 0.05) is 37.9 Å². The van der Waals surface area contributed by atoms with E-state index in [0.717, 1.165) is 0 Å². The molecule has 0 unspecified atom stereocenters. The summed E-state index contributed by atoms with van der Waals surface area (Å²) in [5, 5.41) is 38.9. The van der Waals surface area contributed by atoms with Crippen LogP contribution in [0.2, 0.25) is 0 Å². The normalized spacial score (nSPS) is 8.55. The number of quaternary nitrogens is 3. The van der Waals surface area contributed by atoms with E-state index in [1.165, 1.54) is 0 Å². The van der Waals surface area contributed by atoms with E-state index in [4.69, 9.17) is 16.6 Å². The Morgan fingerprint density at radius 2 is 1.10 bits per heavy atom. The molecule has 0 saturated heterocycles. The summed E-state index contributed by atoms with van der Waals surface area (Å²) in [7, 11) is 0. The van der Waals surface area contributed by atoms with E-state index in [9.17, 15) is 29.7 Å². The summed E-state index contributed by atoms with van der Waals surface area (Å²) in [5.74, 6) is -5.98. The van der Waals surface area contributed by atoms with Gasteiger partial charge in [-0.05, 0) is 0 Å². The molecular weight excluding hydrogens is 278 g/mol. The average Bonchev–Trinajstić information content (AvgIpc) is 2.15. The Labute approximate surface area is 115 Å². The van der Waals surface area contributed by atoms with Crippen LogP contribution in [0.3, 0.4) is 0 Å². The van der Waals surface area contributed by atoms with E-state index in [-0.39, 0.29) is 18.5 Å². The summed E-state index contributed by atoms with van der Waals surface area (Å²) in [6, 6.07) is 0. The third-order valence-electron chi connectivity index (χ3n) is 1.42. The highest BCUT2D eigenvalue weighted by Crippen LogP contribution is 2.13. The van der Waals surface area contributed by atoms with Crippen molar-refractivity contribution >= 4 is 17.9 Å². The average molecular weight is 303 g/mol. The van der Waals surface area contributed by atoms with Crippen LogP contribution in [0.4, 0.5) is 0 Å². The summed E-state index contributed by atoms with van der Waals surface area (Å²) in [6.07, 6.45) is -2.72. The van der Waals surface area contributed by atoms with Crippen LogP contribution < -0.4 is 45.2 Å². The number of carbonyl (C=O) groups is 3. The van der Waals surface area contributed by atoms with Crippen LogP contribution in [0, 0.1) is 0 Å². The van der Waals surface area contributed by atoms with Gasteiger partial charge in [-0.1, -0.05) is 0 Å². The molecule has 0 bridgehead atoms. The molecule has 0 rings (SSSR count). The van der Waals surface area contributed by atoms with Crippen LogP contribution in [0.15, 0.2) is 0 Å². The molecule has 0 aliphatic heterocycles. The first-order valence-electron chi connectivity index (χ1n) is 4.43. The van der Waals surface area contributed by atoms with Crippen molar-refractivity contribution in [3.63, 3.8) is 0 Å². The summed E-state index contributed by atoms with van der Waals surface area (Å²) in [5.41, 5.74) is 6.83. The molecule has 0 aromatic carbocycles. The van der Waals surface area contributed by atoms with Crippen molar-refractivity contribution in [3.8, 4) is 0 Å². The van der Waals surface area contributed by atoms with Crippen LogP contribution >= 0.6 is 0 Å². The second-order valence-electron chi connectivity index (χ2n) is 2.99. The highest BCUT2D eigenvalue weighted by atomic mass is 16.4. The first kappa shape index (κ1) is 30.9. The molecule has 0 spiro atoms. The second-order valence-corrected chi connectivity index (χ2v) is 2.99. The molecule has 0 aliphatic carbocycles. The van der Waals surface area contributed by atoms with Crippen LogP contribution in [-0.2, 0) is 14.4 Å². The molecule has 20 heavy (non-hydrogen) atoms. The lowest BCUT2D eigenvalue weighted by molar-refractivity contribution is -0.339. The second kappa shape index (κ2) is 15.2. The fourth-order valence-corrected chi connectivity index (χ4v) is 0.684. The standard InChI is InChI=1S/C6H8O7.C2H8N2.3H3N/c7-3(8)1-6(13,5(11)12)2-4(9)10;3-1-2-4;;;/h13H,1-2H2,(H,7,8)(H,9,10)(H,11,12);1-4H2;3*1H3. The Hall–Kier alpha value is -1.83. The molecule has 0 saturated carbocycles. The molecule has 124 valence electrons. The van der Waals surface area contributed by atoms with E-state index in [0.29, 0.717) is 13.1 Å². The minimum absolute atomic E-state index is 0. The van der Waals surface area contributed by atoms with Gasteiger partial charge in [-0.15, -0.1) is 0 Å². The van der Waals surface area contributed by atoms with Gasteiger partial charge in [0.05, 0.1) is 5.97 Å². The zero-order chi connectivity index (χ0) is 14.1. The number of nitrogens with two attached hydrogens (primary N) is 2. The number of carbonyl (C=O) groups excluding carboxylic acids is 3. The smallest absolute Gasteiger partial charge is 0.114 e. The predicted octanol–water partition coefficient (Wildman–Crippen LogP) is -5.22. The molecule has 0 aromatic rings. The van der Waals surface area contributed by atoms with Crippen LogP contribution in [0.5, 0.6) is 0 Å². The lowest BCUT2D eigenvalue weighted by Gasteiger charge is -2.29. The SMILES string of the molecule is NCCN.O=C([O-])CC(O)(CC(=O)[O-])C(=O)[O-].[NH4+].[NH4+].[NH4+]. The van der Waals surface area contributed by atoms with Crippen LogP contribution in [0.25, 0.3) is 0 Å². The van der Waals surface area contributed by atoms with E-state index >= 15 is 0 Å². The van der Waals surface area contributed by atoms with Gasteiger partial charge in [0.2, 0.25) is 0 Å². The van der Waals surface area contributed by atoms with Crippen molar-refractivity contribution in [3.05, 3.63) is 0 Å². The van der Waals surface area contributed by atoms with Crippen LogP contribution in [0.1, 0.15) is 12.8 Å². The number of hydrogen-bond acceptors (Lipinski definition) is 9. The van der Waals surface area contributed by atoms with Crippen molar-refractivity contribution in [1.29, 1.82) is 0 Å². The first-order chi connectivity index (χ1) is 7.69. The van der Waals surface area contributed by atoms with Gasteiger partial charge in [-0.3, -0.25) is 0 Å². The summed E-state index contributed by atoms with van der Waals surface area (Å²) in [4.78, 5) is 30.0. The number of carboxylic acids is 3. The molecule has 17 N–H and O–H groups in total. The largest absolute Gasteiger partial charge is 0.550 e. The quantitative estimate of drug-likeness (QED) is 0.272. The minimum atomic E-state index is -2.97. The van der Waals surface area contributed by atoms with Gasteiger partial charge in [0.25, 0.3) is 0 Å². The number of aliphatic carboxylic acids is 3. The van der Waals surface area contributed by atoms with Gasteiger partial charge in [-0.2, -0.15) is 0 Å². The Morgan fingerprint density at radius 1 is 0.850 bits per heavy atom. The topological polar surface area (TPSA) is 302 Å². The maximum Gasteiger partial charge on any atom is 0.114 e. The minimum Gasteiger partial charge on any atom is -0.550 e. The number of carboxylic acid groups (broad SMARTS) is 3. The lowest BCUT2D eigenvalue weighted by Crippen LogP contribution is -2.54. The highest BCUT2D eigenvalue weighted by Gasteiger charge is 2.29. The number of aliphatic hydroxyl groups is 1. The third kappa shape index (κ3) is 16.2. The van der Waals surface area contributed by atoms with Gasteiger partial charge in [-0.25, -0.2) is 0 Å². The zero-order valence-corrected chi connectivity index (χ0v) is 11.9. The zero-order valence-electron chi connectivity index (χ0n) is 11.9. The fraction of sp³-hybridized carbons (Fsp3) is 0.625. The third-order valence-corrected chi connectivity index (χ3v) is 1.42. The molecule has 0 radical (unpaired) electrons. The van der Waals surface area contributed by atoms with Gasteiger partial charge >= 0.3 is 0 Å². The first-order valence-corrected chi connectivity index (χ1v) is 4.43. The fourth-order valence-electron chi connectivity index (χ4n) is 0.684. The van der Waals surface area contributed by atoms with Gasteiger partial charge in [0.15, 0.2) is 0 Å². The molecule has 0 fully saturated rings. The molecule has 0 atom stereocenters. The Kier molecular flexibility index (Phi) is 23.5. The van der Waals surface area contributed by atoms with E-state index < -0.39 is 36.4 Å². The van der Waals surface area contributed by atoms with Crippen molar-refractivity contribution in [1.82, 2.24) is 18.5 Å². The van der Waals surface area contributed by atoms with Crippen molar-refractivity contribution in [2.24, 2.45) is 11.5 Å². The van der Waals surface area contributed by atoms with E-state index in [2.05, 4.69) is 0 Å². The summed E-state index contributed by atoms with van der Waals surface area (Å²) >= 11 is 0. The molecule has 0 heterocycles. The lowest BCUT2D eigenvalue weighted by atomic mass is 9.96. The van der Waals surface area contributed by atoms with Crippen molar-refractivity contribution in [2.45, 2.75) is 18.4 Å². The Morgan fingerprint density at radius 3 is 1.20 bits per heavy atom. The number of hydrogen-bond donors (Lipinski definition) is 6. The van der Waals surface area contributed by atoms with E-state index in [1.54, 1.807) is 0 Å². The maximum atomic E-state index is 10.1. The number of rotatable bonds is 6. The molecule has 0 aromatic heterocycles. The Bertz CT molecular complexity index is 268. The van der Waals surface area contributed by atoms with Crippen molar-refractivity contribution in [2.75, 3.05) is 13.1 Å². The highest BCUT2D eigenvalue weighted by molar-refractivity contribution is 5.86. The maximum absolute atomic E-state index is 10.1. The summed E-state index contributed by atoms with van der Waals surface area (Å²) in [6.45, 7) is 1.19. The van der Waals surface area contributed by atoms with Gasteiger partial charge in [0.1, 0.15) is 5.60 Å². The molecule has 12 heteroatoms. The monoisotopic (exact) mass is 303 g/mol. The van der Waals surface area contributed by atoms with E-state index in [1.807, 2.05) is 0 Å². The molecular formula is C8H25N5O7. The van der Waals surface area contributed by atoms with Crippen LogP contribution in [-0.4, -0.2) is 41.7 Å². The van der Waals surface area contributed by atoms with Crippen molar-refractivity contribution < 1.29 is 34.8 Å². The summed E-state index contributed by atoms with van der Waals surface area (Å²) < 4.78 is 0. The predicted molar refractivity (Wildman–Crippen MR) is 65.3 cm³/mol. The molecule has 0 amide bonds. The van der Waals surface area contributed by atoms with Gasteiger partial charge < -0.3 is 64.7 Å². The Balaban J connectivity index is -0.0000000951. The molecule has 0 aliphatic rings. The molecule has 12 nitrogen and oxygen atoms in total.